The van der Waals surface area contributed by atoms with Crippen LogP contribution in [-0.4, -0.2) is 37.0 Å². The zero-order valence-electron chi connectivity index (χ0n) is 16.8. The van der Waals surface area contributed by atoms with E-state index in [1.165, 1.54) is 4.90 Å². The maximum Gasteiger partial charge on any atom is 0.311 e. The standard InChI is InChI=1S/C22H23ClN2O5/c1-14(2)30-19-8-6-18(7-9-19)25-12-15(10-21(25)27)22(28)29-13-20(26)24-17-5-3-4-16(23)11-17/h3-9,11,14-15H,10,12-13H2,1-2H3,(H,24,26)/t15-/m0/s1. The van der Waals surface area contributed by atoms with Crippen LogP contribution in [0.15, 0.2) is 48.5 Å². The van der Waals surface area contributed by atoms with Crippen molar-refractivity contribution in [2.75, 3.05) is 23.4 Å². The highest BCUT2D eigenvalue weighted by atomic mass is 35.5. The van der Waals surface area contributed by atoms with Gasteiger partial charge >= 0.3 is 5.97 Å². The van der Waals surface area contributed by atoms with E-state index >= 15 is 0 Å². The Balaban J connectivity index is 1.51. The zero-order chi connectivity index (χ0) is 21.7. The first-order valence-electron chi connectivity index (χ1n) is 9.61. The van der Waals surface area contributed by atoms with Gasteiger partial charge in [0, 0.05) is 29.4 Å². The fourth-order valence-corrected chi connectivity index (χ4v) is 3.30. The molecule has 0 radical (unpaired) electrons. The molecule has 0 aromatic heterocycles. The summed E-state index contributed by atoms with van der Waals surface area (Å²) >= 11 is 5.87. The van der Waals surface area contributed by atoms with Gasteiger partial charge in [-0.25, -0.2) is 0 Å². The molecular weight excluding hydrogens is 408 g/mol. The topological polar surface area (TPSA) is 84.9 Å². The van der Waals surface area contributed by atoms with Gasteiger partial charge in [0.15, 0.2) is 6.61 Å². The fourth-order valence-electron chi connectivity index (χ4n) is 3.11. The number of carbonyl (C=O) groups excluding carboxylic acids is 3. The predicted octanol–water partition coefficient (Wildman–Crippen LogP) is 3.66. The number of hydrogen-bond acceptors (Lipinski definition) is 5. The van der Waals surface area contributed by atoms with Crippen LogP contribution in [0.4, 0.5) is 11.4 Å². The van der Waals surface area contributed by atoms with Gasteiger partial charge < -0.3 is 19.7 Å². The Labute approximate surface area is 179 Å². The van der Waals surface area contributed by atoms with Crippen molar-refractivity contribution in [1.82, 2.24) is 0 Å². The Bertz CT molecular complexity index is 929. The average Bonchev–Trinajstić information content (AvgIpc) is 3.08. The van der Waals surface area contributed by atoms with Crippen molar-refractivity contribution in [2.45, 2.75) is 26.4 Å². The molecule has 0 aliphatic carbocycles. The third-order valence-corrected chi connectivity index (χ3v) is 4.67. The Hall–Kier alpha value is -3.06. The minimum absolute atomic E-state index is 0.0407. The first-order valence-corrected chi connectivity index (χ1v) is 9.99. The molecular formula is C22H23ClN2O5. The van der Waals surface area contributed by atoms with Gasteiger partial charge in [0.25, 0.3) is 5.91 Å². The molecule has 3 rings (SSSR count). The van der Waals surface area contributed by atoms with Crippen molar-refractivity contribution >= 4 is 40.8 Å². The SMILES string of the molecule is CC(C)Oc1ccc(N2C[C@@H](C(=O)OCC(=O)Nc3cccc(Cl)c3)CC2=O)cc1. The molecule has 0 unspecified atom stereocenters. The van der Waals surface area contributed by atoms with Gasteiger partial charge in [-0.1, -0.05) is 17.7 Å². The lowest BCUT2D eigenvalue weighted by Crippen LogP contribution is -2.28. The quantitative estimate of drug-likeness (QED) is 0.677. The maximum atomic E-state index is 12.4. The van der Waals surface area contributed by atoms with E-state index in [4.69, 9.17) is 21.1 Å². The Morgan fingerprint density at radius 1 is 1.20 bits per heavy atom. The Morgan fingerprint density at radius 3 is 2.60 bits per heavy atom. The van der Waals surface area contributed by atoms with Crippen molar-refractivity contribution < 1.29 is 23.9 Å². The number of amides is 2. The lowest BCUT2D eigenvalue weighted by molar-refractivity contribution is -0.151. The van der Waals surface area contributed by atoms with Gasteiger partial charge in [-0.15, -0.1) is 0 Å². The van der Waals surface area contributed by atoms with Gasteiger partial charge in [-0.2, -0.15) is 0 Å². The summed E-state index contributed by atoms with van der Waals surface area (Å²) in [6.45, 7) is 3.64. The summed E-state index contributed by atoms with van der Waals surface area (Å²) in [6.07, 6.45) is 0.0958. The second-order valence-corrected chi connectivity index (χ2v) is 7.67. The molecule has 1 N–H and O–H groups in total. The molecule has 0 bridgehead atoms. The van der Waals surface area contributed by atoms with E-state index < -0.39 is 24.4 Å². The number of benzene rings is 2. The fraction of sp³-hybridized carbons (Fsp3) is 0.318. The van der Waals surface area contributed by atoms with E-state index in [9.17, 15) is 14.4 Å². The molecule has 2 aromatic rings. The molecule has 1 saturated heterocycles. The van der Waals surface area contributed by atoms with Crippen LogP contribution in [0.2, 0.25) is 5.02 Å². The number of esters is 1. The second-order valence-electron chi connectivity index (χ2n) is 7.23. The van der Waals surface area contributed by atoms with Crippen LogP contribution in [0.1, 0.15) is 20.3 Å². The van der Waals surface area contributed by atoms with Crippen LogP contribution in [0.25, 0.3) is 0 Å². The van der Waals surface area contributed by atoms with E-state index in [-0.39, 0.29) is 25.0 Å². The van der Waals surface area contributed by atoms with Gasteiger partial charge in [-0.3, -0.25) is 14.4 Å². The highest BCUT2D eigenvalue weighted by Gasteiger charge is 2.36. The van der Waals surface area contributed by atoms with E-state index in [0.29, 0.717) is 22.1 Å². The Kier molecular flexibility index (Phi) is 6.95. The van der Waals surface area contributed by atoms with Crippen molar-refractivity contribution in [1.29, 1.82) is 0 Å². The van der Waals surface area contributed by atoms with Gasteiger partial charge in [0.2, 0.25) is 5.91 Å². The summed E-state index contributed by atoms with van der Waals surface area (Å²) in [7, 11) is 0. The maximum absolute atomic E-state index is 12.4. The first-order chi connectivity index (χ1) is 14.3. The van der Waals surface area contributed by atoms with Crippen molar-refractivity contribution in [3.05, 3.63) is 53.6 Å². The zero-order valence-corrected chi connectivity index (χ0v) is 17.5. The largest absolute Gasteiger partial charge is 0.491 e. The summed E-state index contributed by atoms with van der Waals surface area (Å²) in [5, 5.41) is 3.09. The highest BCUT2D eigenvalue weighted by molar-refractivity contribution is 6.30. The first kappa shape index (κ1) is 21.6. The monoisotopic (exact) mass is 430 g/mol. The molecule has 0 spiro atoms. The van der Waals surface area contributed by atoms with E-state index in [0.717, 1.165) is 0 Å². The second kappa shape index (κ2) is 9.63. The normalized spacial score (nSPS) is 15.9. The number of hydrogen-bond donors (Lipinski definition) is 1. The predicted molar refractivity (Wildman–Crippen MR) is 114 cm³/mol. The number of carbonyl (C=O) groups is 3. The molecule has 1 aliphatic heterocycles. The third-order valence-electron chi connectivity index (χ3n) is 4.43. The Morgan fingerprint density at radius 2 is 1.93 bits per heavy atom. The molecule has 1 fully saturated rings. The van der Waals surface area contributed by atoms with Crippen molar-refractivity contribution in [3.8, 4) is 5.75 Å². The van der Waals surface area contributed by atoms with Gasteiger partial charge in [0.1, 0.15) is 5.75 Å². The minimum atomic E-state index is -0.622. The molecule has 158 valence electrons. The molecule has 7 nitrogen and oxygen atoms in total. The van der Waals surface area contributed by atoms with Crippen LogP contribution >= 0.6 is 11.6 Å². The van der Waals surface area contributed by atoms with E-state index in [2.05, 4.69) is 5.32 Å². The van der Waals surface area contributed by atoms with Crippen LogP contribution in [-0.2, 0) is 19.1 Å². The summed E-state index contributed by atoms with van der Waals surface area (Å²) < 4.78 is 10.7. The van der Waals surface area contributed by atoms with E-state index in [1.54, 1.807) is 48.5 Å². The molecule has 8 heteroatoms. The number of nitrogens with one attached hydrogen (secondary N) is 1. The molecule has 2 aromatic carbocycles. The van der Waals surface area contributed by atoms with Gasteiger partial charge in [0.05, 0.1) is 12.0 Å². The van der Waals surface area contributed by atoms with Crippen molar-refractivity contribution in [3.63, 3.8) is 0 Å². The summed E-state index contributed by atoms with van der Waals surface area (Å²) in [5.41, 5.74) is 1.20. The molecule has 2 amide bonds. The molecule has 1 atom stereocenters. The minimum Gasteiger partial charge on any atom is -0.491 e. The average molecular weight is 431 g/mol. The summed E-state index contributed by atoms with van der Waals surface area (Å²) in [4.78, 5) is 38.2. The molecule has 1 heterocycles. The van der Waals surface area contributed by atoms with Crippen LogP contribution in [0.5, 0.6) is 5.75 Å². The van der Waals surface area contributed by atoms with Crippen molar-refractivity contribution in [2.24, 2.45) is 5.92 Å². The van der Waals surface area contributed by atoms with Crippen LogP contribution in [0, 0.1) is 5.92 Å². The number of rotatable bonds is 7. The molecule has 1 aliphatic rings. The number of ether oxygens (including phenoxy) is 2. The summed E-state index contributed by atoms with van der Waals surface area (Å²) in [5.74, 6) is -1.14. The molecule has 0 saturated carbocycles. The van der Waals surface area contributed by atoms with Gasteiger partial charge in [-0.05, 0) is 56.3 Å². The lowest BCUT2D eigenvalue weighted by atomic mass is 10.1. The lowest BCUT2D eigenvalue weighted by Gasteiger charge is -2.17. The number of halogens is 1. The smallest absolute Gasteiger partial charge is 0.311 e. The number of anilines is 2. The number of nitrogens with zero attached hydrogens (tertiary/aromatic N) is 1. The van der Waals surface area contributed by atoms with Crippen LogP contribution < -0.4 is 15.0 Å². The van der Waals surface area contributed by atoms with Crippen LogP contribution in [0.3, 0.4) is 0 Å². The highest BCUT2D eigenvalue weighted by Crippen LogP contribution is 2.27. The summed E-state index contributed by atoms with van der Waals surface area (Å²) in [6, 6.07) is 13.8. The molecule has 30 heavy (non-hydrogen) atoms. The van der Waals surface area contributed by atoms with E-state index in [1.807, 2.05) is 13.8 Å². The third kappa shape index (κ3) is 5.73.